The number of carbonyl (C=O) groups excluding carboxylic acids is 1. The molecule has 0 saturated heterocycles. The molecule has 6 nitrogen and oxygen atoms in total. The summed E-state index contributed by atoms with van der Waals surface area (Å²) in [7, 11) is -2.15. The molecule has 1 aromatic heterocycles. The van der Waals surface area contributed by atoms with Crippen molar-refractivity contribution in [2.24, 2.45) is 10.9 Å². The maximum atomic E-state index is 12.7. The van der Waals surface area contributed by atoms with Crippen LogP contribution in [0.1, 0.15) is 44.4 Å². The summed E-state index contributed by atoms with van der Waals surface area (Å²) in [4.78, 5) is 19.1. The Balaban J connectivity index is 1.66. The molecule has 3 aromatic carbocycles. The fraction of sp³-hybridized carbons (Fsp3) is 0.273. The molecule has 1 amide bonds. The minimum atomic E-state index is -3.93. The second-order valence-electron chi connectivity index (χ2n) is 10.1. The third kappa shape index (κ3) is 7.54. The van der Waals surface area contributed by atoms with Gasteiger partial charge in [-0.15, -0.1) is 0 Å². The summed E-state index contributed by atoms with van der Waals surface area (Å²) in [5.41, 5.74) is 3.79. The largest absolute Gasteiger partial charge is 0.311 e. The molecule has 0 spiro atoms. The topological polar surface area (TPSA) is 80.5 Å². The lowest BCUT2D eigenvalue weighted by atomic mass is 9.99. The van der Waals surface area contributed by atoms with Crippen molar-refractivity contribution in [3.8, 4) is 0 Å². The first-order chi connectivity index (χ1) is 20.2. The van der Waals surface area contributed by atoms with Gasteiger partial charge in [-0.3, -0.25) is 9.79 Å². The number of aromatic nitrogens is 1. The van der Waals surface area contributed by atoms with Gasteiger partial charge in [0, 0.05) is 39.2 Å². The molecule has 4 rings (SSSR count). The first kappa shape index (κ1) is 31.6. The van der Waals surface area contributed by atoms with E-state index in [0.29, 0.717) is 16.5 Å². The molecular formula is C33H36ClN3O3S2. The van der Waals surface area contributed by atoms with Crippen molar-refractivity contribution >= 4 is 62.1 Å². The van der Waals surface area contributed by atoms with E-state index in [1.165, 1.54) is 12.1 Å². The van der Waals surface area contributed by atoms with Crippen molar-refractivity contribution in [1.82, 2.24) is 9.29 Å². The van der Waals surface area contributed by atoms with E-state index < -0.39 is 15.9 Å². The summed E-state index contributed by atoms with van der Waals surface area (Å²) in [5, 5.41) is 1.72. The normalized spacial score (nSPS) is 13.1. The quantitative estimate of drug-likeness (QED) is 0.162. The third-order valence-corrected chi connectivity index (χ3v) is 9.84. The zero-order valence-corrected chi connectivity index (χ0v) is 26.7. The zero-order valence-electron chi connectivity index (χ0n) is 24.3. The molecule has 0 aliphatic carbocycles. The SMILES string of the molecule is CCCC(C=C(C=NC)n1c(C)c(Sc2cccc(CC(=O)NS(=O)(=O)c3ccccc3)c2)c2ccc(Cl)cc21)CC. The van der Waals surface area contributed by atoms with Crippen molar-refractivity contribution in [3.05, 3.63) is 95.2 Å². The Morgan fingerprint density at radius 1 is 1.07 bits per heavy atom. The molecule has 0 radical (unpaired) electrons. The molecule has 0 fully saturated rings. The number of amides is 1. The highest BCUT2D eigenvalue weighted by Gasteiger charge is 2.20. The fourth-order valence-corrected chi connectivity index (χ4v) is 7.30. The number of hydrogen-bond donors (Lipinski definition) is 1. The highest BCUT2D eigenvalue weighted by molar-refractivity contribution is 7.99. The molecule has 9 heteroatoms. The molecule has 1 atom stereocenters. The van der Waals surface area contributed by atoms with Gasteiger partial charge in [0.25, 0.3) is 10.0 Å². The monoisotopic (exact) mass is 621 g/mol. The van der Waals surface area contributed by atoms with Gasteiger partial charge in [-0.1, -0.05) is 86.1 Å². The minimum Gasteiger partial charge on any atom is -0.311 e. The van der Waals surface area contributed by atoms with Gasteiger partial charge in [-0.05, 0) is 67.6 Å². The summed E-state index contributed by atoms with van der Waals surface area (Å²) >= 11 is 8.08. The standard InChI is InChI=1S/C33H36ClN3O3S2/c1-5-11-24(6-2)18-27(22-35-4)37-23(3)33(30-17-16-26(34)21-31(30)37)41-28-13-10-12-25(19-28)20-32(38)36-42(39,40)29-14-8-7-9-15-29/h7-10,12-19,21-22,24H,5-6,11,20H2,1-4H3,(H,36,38). The molecule has 220 valence electrons. The third-order valence-electron chi connectivity index (χ3n) is 7.00. The summed E-state index contributed by atoms with van der Waals surface area (Å²) in [6.45, 7) is 6.51. The van der Waals surface area contributed by atoms with Crippen LogP contribution in [0.4, 0.5) is 0 Å². The van der Waals surface area contributed by atoms with Crippen LogP contribution in [0, 0.1) is 12.8 Å². The molecule has 0 aliphatic heterocycles. The van der Waals surface area contributed by atoms with E-state index >= 15 is 0 Å². The number of carbonyl (C=O) groups is 1. The van der Waals surface area contributed by atoms with Gasteiger partial charge in [0.15, 0.2) is 0 Å². The van der Waals surface area contributed by atoms with Crippen LogP contribution in [-0.4, -0.2) is 32.2 Å². The fourth-order valence-electron chi connectivity index (χ4n) is 5.01. The van der Waals surface area contributed by atoms with Crippen LogP contribution in [0.3, 0.4) is 0 Å². The van der Waals surface area contributed by atoms with Gasteiger partial charge in [0.2, 0.25) is 5.91 Å². The Labute approximate surface area is 257 Å². The van der Waals surface area contributed by atoms with Crippen LogP contribution >= 0.6 is 23.4 Å². The van der Waals surface area contributed by atoms with E-state index in [2.05, 4.69) is 41.1 Å². The van der Waals surface area contributed by atoms with Gasteiger partial charge in [0.05, 0.1) is 22.5 Å². The molecule has 0 aliphatic rings. The van der Waals surface area contributed by atoms with E-state index in [9.17, 15) is 13.2 Å². The highest BCUT2D eigenvalue weighted by atomic mass is 35.5. The Bertz CT molecular complexity index is 1730. The summed E-state index contributed by atoms with van der Waals surface area (Å²) < 4.78 is 29.6. The summed E-state index contributed by atoms with van der Waals surface area (Å²) in [5.74, 6) is -0.154. The second-order valence-corrected chi connectivity index (χ2v) is 13.3. The number of fused-ring (bicyclic) bond motifs is 1. The van der Waals surface area contributed by atoms with Crippen LogP contribution < -0.4 is 4.72 Å². The number of hydrogen-bond acceptors (Lipinski definition) is 5. The predicted molar refractivity (Wildman–Crippen MR) is 175 cm³/mol. The van der Waals surface area contributed by atoms with Gasteiger partial charge < -0.3 is 4.57 Å². The van der Waals surface area contributed by atoms with Crippen LogP contribution in [0.2, 0.25) is 5.02 Å². The Morgan fingerprint density at radius 3 is 2.52 bits per heavy atom. The predicted octanol–water partition coefficient (Wildman–Crippen LogP) is 8.17. The number of nitrogens with one attached hydrogen (secondary N) is 1. The van der Waals surface area contributed by atoms with Crippen molar-refractivity contribution in [2.75, 3.05) is 7.05 Å². The van der Waals surface area contributed by atoms with Crippen LogP contribution in [-0.2, 0) is 21.2 Å². The number of allylic oxidation sites excluding steroid dienone is 2. The molecular weight excluding hydrogens is 586 g/mol. The molecule has 42 heavy (non-hydrogen) atoms. The van der Waals surface area contributed by atoms with Crippen molar-refractivity contribution in [1.29, 1.82) is 0 Å². The maximum Gasteiger partial charge on any atom is 0.264 e. The molecule has 1 unspecified atom stereocenters. The molecule has 1 N–H and O–H groups in total. The number of benzene rings is 3. The summed E-state index contributed by atoms with van der Waals surface area (Å²) in [6, 6.07) is 21.4. The van der Waals surface area contributed by atoms with Crippen LogP contribution in [0.25, 0.3) is 16.6 Å². The molecule has 0 saturated carbocycles. The zero-order chi connectivity index (χ0) is 30.3. The van der Waals surface area contributed by atoms with Crippen LogP contribution in [0.15, 0.2) is 98.6 Å². The maximum absolute atomic E-state index is 12.7. The van der Waals surface area contributed by atoms with Gasteiger partial charge in [0.1, 0.15) is 0 Å². The first-order valence-corrected chi connectivity index (χ1v) is 16.7. The van der Waals surface area contributed by atoms with Crippen LogP contribution in [0.5, 0.6) is 0 Å². The Morgan fingerprint density at radius 2 is 1.83 bits per heavy atom. The lowest BCUT2D eigenvalue weighted by Crippen LogP contribution is -2.31. The molecule has 4 aromatic rings. The molecule has 1 heterocycles. The average Bonchev–Trinajstić information content (AvgIpc) is 3.22. The van der Waals surface area contributed by atoms with Gasteiger partial charge in [-0.2, -0.15) is 0 Å². The average molecular weight is 622 g/mol. The minimum absolute atomic E-state index is 0.0520. The Hall–Kier alpha value is -3.33. The summed E-state index contributed by atoms with van der Waals surface area (Å²) in [6.07, 6.45) is 7.40. The van der Waals surface area contributed by atoms with Gasteiger partial charge in [-0.25, -0.2) is 13.1 Å². The lowest BCUT2D eigenvalue weighted by Gasteiger charge is -2.15. The van der Waals surface area contributed by atoms with E-state index in [1.807, 2.05) is 48.7 Å². The first-order valence-electron chi connectivity index (χ1n) is 14.0. The number of rotatable bonds is 12. The molecule has 0 bridgehead atoms. The highest BCUT2D eigenvalue weighted by Crippen LogP contribution is 2.41. The second kappa shape index (κ2) is 14.2. The number of aliphatic imine (C=N–C) groups is 1. The van der Waals surface area contributed by atoms with Crippen molar-refractivity contribution < 1.29 is 13.2 Å². The van der Waals surface area contributed by atoms with Gasteiger partial charge >= 0.3 is 0 Å². The van der Waals surface area contributed by atoms with Crippen molar-refractivity contribution in [2.45, 2.75) is 61.1 Å². The van der Waals surface area contributed by atoms with Crippen molar-refractivity contribution in [3.63, 3.8) is 0 Å². The van der Waals surface area contributed by atoms with E-state index in [0.717, 1.165) is 51.3 Å². The van der Waals surface area contributed by atoms with E-state index in [-0.39, 0.29) is 11.3 Å². The van der Waals surface area contributed by atoms with E-state index in [4.69, 9.17) is 11.6 Å². The number of sulfonamides is 1. The smallest absolute Gasteiger partial charge is 0.264 e. The van der Waals surface area contributed by atoms with E-state index in [1.54, 1.807) is 37.0 Å². The Kier molecular flexibility index (Phi) is 10.7. The number of nitrogens with zero attached hydrogens (tertiary/aromatic N) is 2. The lowest BCUT2D eigenvalue weighted by molar-refractivity contribution is -0.118. The number of halogens is 1.